The van der Waals surface area contributed by atoms with Gasteiger partial charge in [-0.3, -0.25) is 9.59 Å². The molecule has 37 heavy (non-hydrogen) atoms. The Bertz CT molecular complexity index is 1300. The number of hydrogen-bond acceptors (Lipinski definition) is 8. The Labute approximate surface area is 218 Å². The minimum absolute atomic E-state index is 0.0981. The van der Waals surface area contributed by atoms with E-state index in [0.29, 0.717) is 17.0 Å². The van der Waals surface area contributed by atoms with E-state index >= 15 is 0 Å². The van der Waals surface area contributed by atoms with E-state index in [9.17, 15) is 19.1 Å². The summed E-state index contributed by atoms with van der Waals surface area (Å²) in [4.78, 5) is 29.0. The van der Waals surface area contributed by atoms with Gasteiger partial charge in [-0.1, -0.05) is 16.8 Å². The van der Waals surface area contributed by atoms with Crippen molar-refractivity contribution in [1.29, 1.82) is 0 Å². The highest BCUT2D eigenvalue weighted by molar-refractivity contribution is 6.31. The first-order valence-corrected chi connectivity index (χ1v) is 11.5. The van der Waals surface area contributed by atoms with Gasteiger partial charge in [-0.15, -0.1) is 5.10 Å². The van der Waals surface area contributed by atoms with Crippen molar-refractivity contribution in [2.24, 2.45) is 0 Å². The predicted molar refractivity (Wildman–Crippen MR) is 133 cm³/mol. The zero-order valence-electron chi connectivity index (χ0n) is 20.7. The van der Waals surface area contributed by atoms with Crippen molar-refractivity contribution in [3.8, 4) is 17.0 Å². The molecule has 3 aromatic rings. The molecule has 196 valence electrons. The Kier molecular flexibility index (Phi) is 9.09. The number of methoxy groups -OCH3 is 2. The molecule has 0 spiro atoms. The van der Waals surface area contributed by atoms with Crippen molar-refractivity contribution in [3.05, 3.63) is 70.9 Å². The van der Waals surface area contributed by atoms with Crippen molar-refractivity contribution in [2.45, 2.75) is 32.1 Å². The Morgan fingerprint density at radius 2 is 2.03 bits per heavy atom. The van der Waals surface area contributed by atoms with Gasteiger partial charge < -0.3 is 19.9 Å². The number of carbonyl (C=O) groups excluding carboxylic acids is 2. The van der Waals surface area contributed by atoms with Gasteiger partial charge in [0.25, 0.3) is 0 Å². The molecule has 0 radical (unpaired) electrons. The van der Waals surface area contributed by atoms with Gasteiger partial charge in [0.2, 0.25) is 5.91 Å². The molecule has 0 aliphatic heterocycles. The lowest BCUT2D eigenvalue weighted by Gasteiger charge is -2.28. The molecule has 3 rings (SSSR count). The summed E-state index contributed by atoms with van der Waals surface area (Å²) in [6.07, 6.45) is 3.54. The van der Waals surface area contributed by atoms with Crippen LogP contribution in [0.3, 0.4) is 0 Å². The van der Waals surface area contributed by atoms with E-state index in [1.165, 1.54) is 63.2 Å². The summed E-state index contributed by atoms with van der Waals surface area (Å²) in [5.74, 6) is -0.991. The van der Waals surface area contributed by atoms with Crippen molar-refractivity contribution < 1.29 is 28.6 Å². The lowest BCUT2D eigenvalue weighted by Crippen LogP contribution is -2.45. The van der Waals surface area contributed by atoms with Crippen LogP contribution in [0, 0.1) is 5.82 Å². The number of benzene rings is 1. The fraction of sp³-hybridized carbons (Fsp3) is 0.320. The molecule has 10 nitrogen and oxygen atoms in total. The third-order valence-corrected chi connectivity index (χ3v) is 5.89. The summed E-state index contributed by atoms with van der Waals surface area (Å²) in [6.45, 7) is 2.52. The number of Topliss-reactive ketones (excluding diaryl/α,β-unsaturated/α-hetero) is 1. The largest absolute Gasteiger partial charge is 0.494 e. The van der Waals surface area contributed by atoms with Crippen LogP contribution >= 0.6 is 11.6 Å². The molecule has 0 saturated heterocycles. The number of aromatic nitrogens is 4. The lowest BCUT2D eigenvalue weighted by atomic mass is 9.97. The number of aliphatic hydroxyl groups is 1. The number of ether oxygens (including phenoxy) is 2. The van der Waals surface area contributed by atoms with Crippen molar-refractivity contribution in [3.63, 3.8) is 0 Å². The zero-order chi connectivity index (χ0) is 27.2. The molecular weight excluding hydrogens is 505 g/mol. The van der Waals surface area contributed by atoms with Gasteiger partial charge in [0.1, 0.15) is 29.0 Å². The van der Waals surface area contributed by atoms with Crippen LogP contribution in [-0.4, -0.2) is 63.6 Å². The number of pyridine rings is 1. The van der Waals surface area contributed by atoms with E-state index in [4.69, 9.17) is 21.1 Å². The Hall–Kier alpha value is -3.67. The third kappa shape index (κ3) is 6.76. The van der Waals surface area contributed by atoms with Gasteiger partial charge in [0, 0.05) is 24.4 Å². The summed E-state index contributed by atoms with van der Waals surface area (Å²) >= 11 is 5.97. The van der Waals surface area contributed by atoms with E-state index in [2.05, 4.69) is 20.6 Å². The normalized spacial score (nSPS) is 14.1. The highest BCUT2D eigenvalue weighted by Gasteiger charge is 2.34. The number of nitrogens with zero attached hydrogens (tertiary/aromatic N) is 4. The zero-order valence-corrected chi connectivity index (χ0v) is 21.5. The fourth-order valence-corrected chi connectivity index (χ4v) is 3.73. The number of amides is 1. The van der Waals surface area contributed by atoms with E-state index in [1.54, 1.807) is 18.3 Å². The lowest BCUT2D eigenvalue weighted by molar-refractivity contribution is -0.124. The van der Waals surface area contributed by atoms with Crippen LogP contribution in [-0.2, 0) is 26.5 Å². The monoisotopic (exact) mass is 531 g/mol. The maximum atomic E-state index is 13.8. The molecule has 0 saturated carbocycles. The summed E-state index contributed by atoms with van der Waals surface area (Å²) in [6, 6.07) is 7.25. The number of rotatable bonds is 11. The molecule has 0 bridgehead atoms. The molecule has 2 heterocycles. The van der Waals surface area contributed by atoms with Gasteiger partial charge >= 0.3 is 0 Å². The van der Waals surface area contributed by atoms with Crippen LogP contribution in [0.1, 0.15) is 19.5 Å². The first-order valence-electron chi connectivity index (χ1n) is 11.1. The van der Waals surface area contributed by atoms with Crippen molar-refractivity contribution >= 4 is 23.3 Å². The molecule has 12 heteroatoms. The smallest absolute Gasteiger partial charge is 0.246 e. The maximum Gasteiger partial charge on any atom is 0.246 e. The highest BCUT2D eigenvalue weighted by Crippen LogP contribution is 2.33. The van der Waals surface area contributed by atoms with E-state index in [1.807, 2.05) is 0 Å². The summed E-state index contributed by atoms with van der Waals surface area (Å²) in [5, 5.41) is 22.0. The van der Waals surface area contributed by atoms with Gasteiger partial charge in [-0.25, -0.2) is 14.1 Å². The molecule has 2 aromatic heterocycles. The maximum absolute atomic E-state index is 13.8. The molecule has 0 aliphatic carbocycles. The van der Waals surface area contributed by atoms with E-state index in [-0.39, 0.29) is 35.2 Å². The molecule has 0 aliphatic rings. The predicted octanol–water partition coefficient (Wildman–Crippen LogP) is 2.70. The standard InChI is InChI=1S/C25H27ClFN5O5/c1-15(11-21(37-4)16(2)33)24(34)28-13-25(35,14-32-10-9-29-31-32)22-8-7-20(36-3)23(30-22)17-5-6-19(27)18(26)12-17/h5-12,21,35H,13-14H2,1-4H3,(H,28,34)/b15-11+. The van der Waals surface area contributed by atoms with E-state index in [0.717, 1.165) is 0 Å². The summed E-state index contributed by atoms with van der Waals surface area (Å²) in [7, 11) is 2.82. The second-order valence-electron chi connectivity index (χ2n) is 8.31. The van der Waals surface area contributed by atoms with Gasteiger partial charge in [0.15, 0.2) is 5.78 Å². The average Bonchev–Trinajstić information content (AvgIpc) is 3.39. The average molecular weight is 532 g/mol. The Morgan fingerprint density at radius 3 is 2.62 bits per heavy atom. The number of ketones is 1. The van der Waals surface area contributed by atoms with E-state index < -0.39 is 23.4 Å². The topological polar surface area (TPSA) is 128 Å². The van der Waals surface area contributed by atoms with Crippen LogP contribution in [0.5, 0.6) is 5.75 Å². The first-order chi connectivity index (χ1) is 17.6. The molecule has 2 N–H and O–H groups in total. The number of hydrogen-bond donors (Lipinski definition) is 2. The SMILES string of the molecule is COc1ccc(C(O)(CNC(=O)/C(C)=C/C(OC)C(C)=O)Cn2ccnn2)nc1-c1ccc(F)c(Cl)c1. The molecular formula is C25H27ClFN5O5. The van der Waals surface area contributed by atoms with Crippen LogP contribution in [0.25, 0.3) is 11.3 Å². The molecule has 0 fully saturated rings. The van der Waals surface area contributed by atoms with Crippen LogP contribution in [0.2, 0.25) is 5.02 Å². The fourth-order valence-electron chi connectivity index (χ4n) is 3.55. The number of halogens is 2. The minimum atomic E-state index is -1.75. The van der Waals surface area contributed by atoms with Gasteiger partial charge in [0.05, 0.1) is 37.1 Å². The van der Waals surface area contributed by atoms with Gasteiger partial charge in [-0.05, 0) is 50.3 Å². The molecule has 2 unspecified atom stereocenters. The van der Waals surface area contributed by atoms with Crippen molar-refractivity contribution in [1.82, 2.24) is 25.3 Å². The summed E-state index contributed by atoms with van der Waals surface area (Å²) < 4.78 is 25.6. The second kappa shape index (κ2) is 12.0. The molecule has 1 aromatic carbocycles. The Morgan fingerprint density at radius 1 is 1.27 bits per heavy atom. The van der Waals surface area contributed by atoms with Gasteiger partial charge in [-0.2, -0.15) is 0 Å². The molecule has 1 amide bonds. The van der Waals surface area contributed by atoms with Crippen LogP contribution in [0.15, 0.2) is 54.4 Å². The number of carbonyl (C=O) groups is 2. The Balaban J connectivity index is 1.98. The van der Waals surface area contributed by atoms with Crippen LogP contribution < -0.4 is 10.1 Å². The third-order valence-electron chi connectivity index (χ3n) is 5.60. The van der Waals surface area contributed by atoms with Crippen LogP contribution in [0.4, 0.5) is 4.39 Å². The second-order valence-corrected chi connectivity index (χ2v) is 8.71. The number of nitrogens with one attached hydrogen (secondary N) is 1. The van der Waals surface area contributed by atoms with Crippen molar-refractivity contribution in [2.75, 3.05) is 20.8 Å². The minimum Gasteiger partial charge on any atom is -0.494 e. The summed E-state index contributed by atoms with van der Waals surface area (Å²) in [5.41, 5.74) is -0.568. The quantitative estimate of drug-likeness (QED) is 0.361. The molecule has 2 atom stereocenters. The highest BCUT2D eigenvalue weighted by atomic mass is 35.5. The first kappa shape index (κ1) is 27.9.